The van der Waals surface area contributed by atoms with Gasteiger partial charge in [0.1, 0.15) is 0 Å². The predicted octanol–water partition coefficient (Wildman–Crippen LogP) is 2.02. The SMILES string of the molecule is Cc1ccc(C(CN)N2CCOC(C)C2)cc1C. The molecule has 3 heteroatoms. The zero-order valence-electron chi connectivity index (χ0n) is 11.6. The minimum atomic E-state index is 0.305. The van der Waals surface area contributed by atoms with Gasteiger partial charge < -0.3 is 10.5 Å². The molecule has 2 atom stereocenters. The van der Waals surface area contributed by atoms with E-state index in [1.54, 1.807) is 0 Å². The van der Waals surface area contributed by atoms with E-state index in [2.05, 4.69) is 43.9 Å². The van der Waals surface area contributed by atoms with Crippen molar-refractivity contribution in [2.75, 3.05) is 26.2 Å². The largest absolute Gasteiger partial charge is 0.376 e. The standard InChI is InChI=1S/C15H24N2O/c1-11-4-5-14(8-12(11)2)15(9-16)17-6-7-18-13(3)10-17/h4-5,8,13,15H,6-7,9-10,16H2,1-3H3. The number of hydrogen-bond acceptors (Lipinski definition) is 3. The van der Waals surface area contributed by atoms with Crippen LogP contribution < -0.4 is 5.73 Å². The van der Waals surface area contributed by atoms with Crippen LogP contribution in [0.5, 0.6) is 0 Å². The van der Waals surface area contributed by atoms with Gasteiger partial charge in [0, 0.05) is 25.7 Å². The second-order valence-corrected chi connectivity index (χ2v) is 5.27. The highest BCUT2D eigenvalue weighted by Crippen LogP contribution is 2.24. The fraction of sp³-hybridized carbons (Fsp3) is 0.600. The van der Waals surface area contributed by atoms with E-state index in [0.29, 0.717) is 18.7 Å². The van der Waals surface area contributed by atoms with Crippen molar-refractivity contribution in [1.82, 2.24) is 4.90 Å². The van der Waals surface area contributed by atoms with E-state index in [-0.39, 0.29) is 0 Å². The molecule has 0 amide bonds. The molecule has 1 aliphatic heterocycles. The van der Waals surface area contributed by atoms with E-state index in [9.17, 15) is 0 Å². The topological polar surface area (TPSA) is 38.5 Å². The van der Waals surface area contributed by atoms with Gasteiger partial charge in [0.2, 0.25) is 0 Å². The Kier molecular flexibility index (Phi) is 4.38. The Morgan fingerprint density at radius 2 is 2.17 bits per heavy atom. The number of benzene rings is 1. The summed E-state index contributed by atoms with van der Waals surface area (Å²) in [4.78, 5) is 2.44. The highest BCUT2D eigenvalue weighted by atomic mass is 16.5. The van der Waals surface area contributed by atoms with E-state index in [1.807, 2.05) is 0 Å². The molecule has 1 fully saturated rings. The number of ether oxygens (including phenoxy) is 1. The van der Waals surface area contributed by atoms with Crippen LogP contribution in [0.25, 0.3) is 0 Å². The average Bonchev–Trinajstić information content (AvgIpc) is 2.35. The van der Waals surface area contributed by atoms with Crippen LogP contribution in [0.3, 0.4) is 0 Å². The molecule has 2 unspecified atom stereocenters. The van der Waals surface area contributed by atoms with Crippen molar-refractivity contribution >= 4 is 0 Å². The van der Waals surface area contributed by atoms with Crippen LogP contribution in [0.1, 0.15) is 29.7 Å². The van der Waals surface area contributed by atoms with Crippen LogP contribution in [0.2, 0.25) is 0 Å². The molecule has 100 valence electrons. The summed E-state index contributed by atoms with van der Waals surface area (Å²) in [5.74, 6) is 0. The highest BCUT2D eigenvalue weighted by molar-refractivity contribution is 5.32. The Balaban J connectivity index is 2.18. The van der Waals surface area contributed by atoms with Gasteiger partial charge in [-0.2, -0.15) is 0 Å². The normalized spacial score (nSPS) is 23.0. The second-order valence-electron chi connectivity index (χ2n) is 5.27. The summed E-state index contributed by atoms with van der Waals surface area (Å²) >= 11 is 0. The van der Waals surface area contributed by atoms with Crippen LogP contribution in [0.15, 0.2) is 18.2 Å². The van der Waals surface area contributed by atoms with Gasteiger partial charge in [-0.15, -0.1) is 0 Å². The van der Waals surface area contributed by atoms with E-state index in [4.69, 9.17) is 10.5 Å². The number of nitrogens with zero attached hydrogens (tertiary/aromatic N) is 1. The first-order chi connectivity index (χ1) is 8.61. The minimum Gasteiger partial charge on any atom is -0.376 e. The molecule has 1 saturated heterocycles. The zero-order valence-corrected chi connectivity index (χ0v) is 11.6. The molecular weight excluding hydrogens is 224 g/mol. The molecule has 2 rings (SSSR count). The summed E-state index contributed by atoms with van der Waals surface area (Å²) in [5, 5.41) is 0. The van der Waals surface area contributed by atoms with Crippen molar-refractivity contribution in [2.24, 2.45) is 5.73 Å². The van der Waals surface area contributed by atoms with E-state index in [0.717, 1.165) is 19.7 Å². The van der Waals surface area contributed by atoms with Crippen LogP contribution >= 0.6 is 0 Å². The van der Waals surface area contributed by atoms with Gasteiger partial charge in [0.05, 0.1) is 12.7 Å². The average molecular weight is 248 g/mol. The Labute approximate surface area is 110 Å². The first kappa shape index (κ1) is 13.5. The molecule has 0 bridgehead atoms. The lowest BCUT2D eigenvalue weighted by molar-refractivity contribution is -0.0333. The fourth-order valence-corrected chi connectivity index (χ4v) is 2.60. The van der Waals surface area contributed by atoms with Crippen molar-refractivity contribution in [3.8, 4) is 0 Å². The highest BCUT2D eigenvalue weighted by Gasteiger charge is 2.24. The molecule has 2 N–H and O–H groups in total. The second kappa shape index (κ2) is 5.83. The molecule has 1 aromatic carbocycles. The minimum absolute atomic E-state index is 0.305. The number of hydrogen-bond donors (Lipinski definition) is 1. The lowest BCUT2D eigenvalue weighted by atomic mass is 9.99. The molecule has 0 saturated carbocycles. The summed E-state index contributed by atoms with van der Waals surface area (Å²) in [5.41, 5.74) is 9.99. The van der Waals surface area contributed by atoms with Gasteiger partial charge in [-0.25, -0.2) is 0 Å². The summed E-state index contributed by atoms with van der Waals surface area (Å²) in [6.45, 7) is 9.84. The molecule has 3 nitrogen and oxygen atoms in total. The summed E-state index contributed by atoms with van der Waals surface area (Å²) in [7, 11) is 0. The smallest absolute Gasteiger partial charge is 0.0674 e. The molecule has 1 aliphatic rings. The Hall–Kier alpha value is -0.900. The van der Waals surface area contributed by atoms with Crippen LogP contribution in [0, 0.1) is 13.8 Å². The number of rotatable bonds is 3. The van der Waals surface area contributed by atoms with Gasteiger partial charge in [0.15, 0.2) is 0 Å². The Morgan fingerprint density at radius 1 is 1.39 bits per heavy atom. The molecule has 1 heterocycles. The maximum atomic E-state index is 5.99. The number of aryl methyl sites for hydroxylation is 2. The number of morpholine rings is 1. The van der Waals surface area contributed by atoms with Gasteiger partial charge in [-0.3, -0.25) is 4.90 Å². The predicted molar refractivity (Wildman–Crippen MR) is 74.7 cm³/mol. The summed E-state index contributed by atoms with van der Waals surface area (Å²) in [6, 6.07) is 6.99. The van der Waals surface area contributed by atoms with Crippen LogP contribution in [0.4, 0.5) is 0 Å². The van der Waals surface area contributed by atoms with Gasteiger partial charge in [-0.1, -0.05) is 18.2 Å². The quantitative estimate of drug-likeness (QED) is 0.889. The third kappa shape index (κ3) is 2.91. The monoisotopic (exact) mass is 248 g/mol. The van der Waals surface area contributed by atoms with Gasteiger partial charge in [0.25, 0.3) is 0 Å². The molecular formula is C15H24N2O. The van der Waals surface area contributed by atoms with E-state index < -0.39 is 0 Å². The molecule has 0 spiro atoms. The van der Waals surface area contributed by atoms with Gasteiger partial charge >= 0.3 is 0 Å². The van der Waals surface area contributed by atoms with Crippen molar-refractivity contribution < 1.29 is 4.74 Å². The molecule has 0 aliphatic carbocycles. The van der Waals surface area contributed by atoms with Crippen LogP contribution in [-0.2, 0) is 4.74 Å². The summed E-state index contributed by atoms with van der Waals surface area (Å²) < 4.78 is 5.60. The van der Waals surface area contributed by atoms with Crippen LogP contribution in [-0.4, -0.2) is 37.2 Å². The first-order valence-corrected chi connectivity index (χ1v) is 6.74. The third-order valence-electron chi connectivity index (χ3n) is 3.85. The Morgan fingerprint density at radius 3 is 2.78 bits per heavy atom. The van der Waals surface area contributed by atoms with Crippen molar-refractivity contribution in [3.05, 3.63) is 34.9 Å². The number of nitrogens with two attached hydrogens (primary N) is 1. The van der Waals surface area contributed by atoms with Crippen molar-refractivity contribution in [3.63, 3.8) is 0 Å². The van der Waals surface area contributed by atoms with Crippen molar-refractivity contribution in [1.29, 1.82) is 0 Å². The molecule has 18 heavy (non-hydrogen) atoms. The molecule has 0 radical (unpaired) electrons. The first-order valence-electron chi connectivity index (χ1n) is 6.74. The summed E-state index contributed by atoms with van der Waals surface area (Å²) in [6.07, 6.45) is 0.305. The van der Waals surface area contributed by atoms with Crippen molar-refractivity contribution in [2.45, 2.75) is 32.9 Å². The molecule has 1 aromatic rings. The lowest BCUT2D eigenvalue weighted by Gasteiger charge is -2.37. The lowest BCUT2D eigenvalue weighted by Crippen LogP contribution is -2.45. The maximum absolute atomic E-state index is 5.99. The van der Waals surface area contributed by atoms with Gasteiger partial charge in [-0.05, 0) is 37.5 Å². The zero-order chi connectivity index (χ0) is 13.1. The van der Waals surface area contributed by atoms with E-state index in [1.165, 1.54) is 16.7 Å². The van der Waals surface area contributed by atoms with E-state index >= 15 is 0 Å². The maximum Gasteiger partial charge on any atom is 0.0674 e. The third-order valence-corrected chi connectivity index (χ3v) is 3.85. The Bertz CT molecular complexity index is 405. The molecule has 0 aromatic heterocycles. The fourth-order valence-electron chi connectivity index (χ4n) is 2.60.